The van der Waals surface area contributed by atoms with Crippen molar-refractivity contribution in [2.75, 3.05) is 26.2 Å². The summed E-state index contributed by atoms with van der Waals surface area (Å²) in [6.45, 7) is 7.92. The molecule has 2 rings (SSSR count). The molecule has 2 aliphatic heterocycles. The highest BCUT2D eigenvalue weighted by atomic mass is 16.6. The number of amides is 3. The molecule has 24 heavy (non-hydrogen) atoms. The van der Waals surface area contributed by atoms with E-state index in [1.54, 1.807) is 11.8 Å². The normalized spacial score (nSPS) is 23.3. The Hall–Kier alpha value is -1.79. The largest absolute Gasteiger partial charge is 0.450 e. The van der Waals surface area contributed by atoms with Crippen LogP contribution in [-0.4, -0.2) is 66.0 Å². The van der Waals surface area contributed by atoms with Gasteiger partial charge in [0.1, 0.15) is 0 Å². The van der Waals surface area contributed by atoms with Gasteiger partial charge in [-0.25, -0.2) is 4.79 Å². The third kappa shape index (κ3) is 4.39. The second-order valence-electron chi connectivity index (χ2n) is 6.67. The molecule has 136 valence electrons. The molecule has 0 aliphatic carbocycles. The number of carbonyl (C=O) groups is 3. The van der Waals surface area contributed by atoms with Crippen molar-refractivity contribution in [2.24, 2.45) is 5.92 Å². The van der Waals surface area contributed by atoms with Crippen LogP contribution in [0, 0.1) is 5.92 Å². The lowest BCUT2D eigenvalue weighted by atomic mass is 10.0. The molecular formula is C17H29N3O4. The fourth-order valence-electron chi connectivity index (χ4n) is 3.29. The Balaban J connectivity index is 1.78. The average molecular weight is 339 g/mol. The van der Waals surface area contributed by atoms with Crippen LogP contribution in [0.4, 0.5) is 4.79 Å². The molecule has 1 N–H and O–H groups in total. The summed E-state index contributed by atoms with van der Waals surface area (Å²) in [6.07, 6.45) is 2.36. The van der Waals surface area contributed by atoms with E-state index in [4.69, 9.17) is 4.74 Å². The van der Waals surface area contributed by atoms with Crippen LogP contribution in [0.5, 0.6) is 0 Å². The van der Waals surface area contributed by atoms with Gasteiger partial charge in [0.05, 0.1) is 12.5 Å². The molecule has 0 aromatic carbocycles. The zero-order valence-electron chi connectivity index (χ0n) is 14.9. The van der Waals surface area contributed by atoms with Crippen molar-refractivity contribution in [1.82, 2.24) is 15.1 Å². The lowest BCUT2D eigenvalue weighted by Gasteiger charge is -2.32. The zero-order chi connectivity index (χ0) is 17.7. The van der Waals surface area contributed by atoms with Gasteiger partial charge in [-0.05, 0) is 33.1 Å². The van der Waals surface area contributed by atoms with E-state index in [1.165, 1.54) is 0 Å². The van der Waals surface area contributed by atoms with E-state index in [-0.39, 0.29) is 35.9 Å². The third-order valence-electron chi connectivity index (χ3n) is 5.02. The first-order valence-electron chi connectivity index (χ1n) is 8.97. The Morgan fingerprint density at radius 1 is 1.29 bits per heavy atom. The number of piperidine rings is 1. The van der Waals surface area contributed by atoms with Crippen molar-refractivity contribution in [1.29, 1.82) is 0 Å². The van der Waals surface area contributed by atoms with Crippen LogP contribution in [0.3, 0.4) is 0 Å². The number of likely N-dealkylation sites (tertiary alicyclic amines) is 2. The predicted molar refractivity (Wildman–Crippen MR) is 89.3 cm³/mol. The summed E-state index contributed by atoms with van der Waals surface area (Å²) < 4.78 is 4.99. The standard InChI is InChI=1S/C17H29N3O4/c1-4-12(3)20-11-13(10-15(20)21)16(22)18-14-6-8-19(9-7-14)17(23)24-5-2/h12-14H,4-11H2,1-3H3,(H,18,22). The molecule has 2 saturated heterocycles. The van der Waals surface area contributed by atoms with E-state index in [9.17, 15) is 14.4 Å². The van der Waals surface area contributed by atoms with Gasteiger partial charge in [0.2, 0.25) is 11.8 Å². The fourth-order valence-corrected chi connectivity index (χ4v) is 3.29. The number of nitrogens with one attached hydrogen (secondary N) is 1. The van der Waals surface area contributed by atoms with Crippen LogP contribution >= 0.6 is 0 Å². The van der Waals surface area contributed by atoms with Gasteiger partial charge in [-0.3, -0.25) is 9.59 Å². The highest BCUT2D eigenvalue weighted by Crippen LogP contribution is 2.22. The molecule has 2 unspecified atom stereocenters. The summed E-state index contributed by atoms with van der Waals surface area (Å²) in [5.41, 5.74) is 0. The zero-order valence-corrected chi connectivity index (χ0v) is 14.9. The molecule has 3 amide bonds. The van der Waals surface area contributed by atoms with Crippen LogP contribution in [0.15, 0.2) is 0 Å². The minimum atomic E-state index is -0.284. The maximum absolute atomic E-state index is 12.4. The lowest BCUT2D eigenvalue weighted by Crippen LogP contribution is -2.48. The Kier molecular flexibility index (Phi) is 6.45. The van der Waals surface area contributed by atoms with Crippen molar-refractivity contribution in [2.45, 2.75) is 58.5 Å². The SMILES string of the molecule is CCOC(=O)N1CCC(NC(=O)C2CC(=O)N(C(C)CC)C2)CC1. The van der Waals surface area contributed by atoms with Crippen molar-refractivity contribution in [3.05, 3.63) is 0 Å². The van der Waals surface area contributed by atoms with Gasteiger partial charge in [-0.1, -0.05) is 6.92 Å². The number of carbonyl (C=O) groups excluding carboxylic acids is 3. The summed E-state index contributed by atoms with van der Waals surface area (Å²) in [6, 6.07) is 0.249. The van der Waals surface area contributed by atoms with Gasteiger partial charge in [-0.15, -0.1) is 0 Å². The molecule has 0 saturated carbocycles. The molecule has 0 bridgehead atoms. The van der Waals surface area contributed by atoms with E-state index in [1.807, 2.05) is 18.7 Å². The number of rotatable bonds is 5. The second kappa shape index (κ2) is 8.35. The van der Waals surface area contributed by atoms with E-state index >= 15 is 0 Å². The fraction of sp³-hybridized carbons (Fsp3) is 0.824. The van der Waals surface area contributed by atoms with Crippen molar-refractivity contribution in [3.63, 3.8) is 0 Å². The van der Waals surface area contributed by atoms with E-state index in [0.717, 1.165) is 19.3 Å². The molecule has 0 spiro atoms. The molecule has 2 heterocycles. The molecule has 7 heteroatoms. The quantitative estimate of drug-likeness (QED) is 0.820. The number of hydrogen-bond donors (Lipinski definition) is 1. The predicted octanol–water partition coefficient (Wildman–Crippen LogP) is 1.37. The highest BCUT2D eigenvalue weighted by Gasteiger charge is 2.37. The van der Waals surface area contributed by atoms with Gasteiger partial charge >= 0.3 is 6.09 Å². The van der Waals surface area contributed by atoms with Crippen LogP contribution in [0.25, 0.3) is 0 Å². The molecular weight excluding hydrogens is 310 g/mol. The van der Waals surface area contributed by atoms with Crippen LogP contribution in [-0.2, 0) is 14.3 Å². The van der Waals surface area contributed by atoms with Gasteiger partial charge in [-0.2, -0.15) is 0 Å². The number of nitrogens with zero attached hydrogens (tertiary/aromatic N) is 2. The molecule has 2 atom stereocenters. The molecule has 0 radical (unpaired) electrons. The first-order valence-corrected chi connectivity index (χ1v) is 8.97. The third-order valence-corrected chi connectivity index (χ3v) is 5.02. The van der Waals surface area contributed by atoms with Crippen molar-refractivity contribution in [3.8, 4) is 0 Å². The lowest BCUT2D eigenvalue weighted by molar-refractivity contribution is -0.130. The van der Waals surface area contributed by atoms with E-state index in [0.29, 0.717) is 32.7 Å². The Morgan fingerprint density at radius 3 is 2.54 bits per heavy atom. The van der Waals surface area contributed by atoms with Crippen LogP contribution in [0.1, 0.15) is 46.5 Å². The number of hydrogen-bond acceptors (Lipinski definition) is 4. The minimum Gasteiger partial charge on any atom is -0.450 e. The Bertz CT molecular complexity index is 474. The summed E-state index contributed by atoms with van der Waals surface area (Å²) >= 11 is 0. The first-order chi connectivity index (χ1) is 11.5. The monoisotopic (exact) mass is 339 g/mol. The molecule has 2 aliphatic rings. The van der Waals surface area contributed by atoms with Crippen LogP contribution in [0.2, 0.25) is 0 Å². The molecule has 0 aromatic heterocycles. The molecule has 7 nitrogen and oxygen atoms in total. The Labute approximate surface area is 143 Å². The Morgan fingerprint density at radius 2 is 1.96 bits per heavy atom. The highest BCUT2D eigenvalue weighted by molar-refractivity contribution is 5.89. The molecule has 2 fully saturated rings. The minimum absolute atomic E-state index is 0.0382. The summed E-state index contributed by atoms with van der Waals surface area (Å²) in [4.78, 5) is 39.7. The van der Waals surface area contributed by atoms with Crippen molar-refractivity contribution < 1.29 is 19.1 Å². The average Bonchev–Trinajstić information content (AvgIpc) is 2.97. The van der Waals surface area contributed by atoms with Gasteiger partial charge in [0.25, 0.3) is 0 Å². The maximum Gasteiger partial charge on any atom is 0.409 e. The van der Waals surface area contributed by atoms with Gasteiger partial charge in [0, 0.05) is 38.1 Å². The first kappa shape index (κ1) is 18.5. The van der Waals surface area contributed by atoms with E-state index < -0.39 is 0 Å². The summed E-state index contributed by atoms with van der Waals surface area (Å²) in [5, 5.41) is 3.05. The maximum atomic E-state index is 12.4. The summed E-state index contributed by atoms with van der Waals surface area (Å²) in [5.74, 6) is -0.222. The summed E-state index contributed by atoms with van der Waals surface area (Å²) in [7, 11) is 0. The van der Waals surface area contributed by atoms with Crippen LogP contribution < -0.4 is 5.32 Å². The molecule has 0 aromatic rings. The topological polar surface area (TPSA) is 79.0 Å². The smallest absolute Gasteiger partial charge is 0.409 e. The van der Waals surface area contributed by atoms with Gasteiger partial charge < -0.3 is 19.9 Å². The number of ether oxygens (including phenoxy) is 1. The van der Waals surface area contributed by atoms with Gasteiger partial charge in [0.15, 0.2) is 0 Å². The van der Waals surface area contributed by atoms with E-state index in [2.05, 4.69) is 5.32 Å². The second-order valence-corrected chi connectivity index (χ2v) is 6.67. The van der Waals surface area contributed by atoms with Crippen molar-refractivity contribution >= 4 is 17.9 Å².